The number of carbonyl (C=O) groups is 2. The number of halogens is 4. The first kappa shape index (κ1) is 28.6. The molecule has 2 aliphatic rings. The zero-order valence-corrected chi connectivity index (χ0v) is 23.3. The number of esters is 1. The lowest BCUT2D eigenvalue weighted by atomic mass is 9.95. The number of aromatic nitrogens is 1. The Hall–Kier alpha value is -2.42. The monoisotopic (exact) mass is 632 g/mol. The smallest absolute Gasteiger partial charge is 0.338 e. The van der Waals surface area contributed by atoms with Gasteiger partial charge in [-0.3, -0.25) is 14.7 Å². The summed E-state index contributed by atoms with van der Waals surface area (Å²) in [6, 6.07) is 3.11. The molecule has 2 aliphatic heterocycles. The van der Waals surface area contributed by atoms with Gasteiger partial charge in [-0.2, -0.15) is 0 Å². The number of likely N-dealkylation sites (tertiary alicyclic amines) is 1. The summed E-state index contributed by atoms with van der Waals surface area (Å²) in [7, 11) is 0. The van der Waals surface area contributed by atoms with Crippen LogP contribution in [0.4, 0.5) is 13.2 Å². The van der Waals surface area contributed by atoms with Gasteiger partial charge in [0, 0.05) is 46.5 Å². The molecule has 2 N–H and O–H groups in total. The van der Waals surface area contributed by atoms with Gasteiger partial charge >= 0.3 is 11.9 Å². The Morgan fingerprint density at radius 2 is 2.18 bits per heavy atom. The molecule has 0 amide bonds. The van der Waals surface area contributed by atoms with Crippen molar-refractivity contribution < 1.29 is 32.6 Å². The van der Waals surface area contributed by atoms with Gasteiger partial charge in [-0.1, -0.05) is 22.0 Å². The minimum atomic E-state index is -3.03. The summed E-state index contributed by atoms with van der Waals surface area (Å²) in [6.45, 7) is 1.16. The second kappa shape index (κ2) is 12.2. The summed E-state index contributed by atoms with van der Waals surface area (Å²) in [5.74, 6) is -6.20. The molecule has 8 nitrogen and oxygen atoms in total. The molecule has 3 heterocycles. The molecule has 2 atom stereocenters. The van der Waals surface area contributed by atoms with Crippen molar-refractivity contribution >= 4 is 56.8 Å². The number of hydrogen-bond acceptors (Lipinski definition) is 9. The molecule has 0 aliphatic carbocycles. The predicted octanol–water partition coefficient (Wildman–Crippen LogP) is 4.34. The molecule has 2 aromatic rings. The van der Waals surface area contributed by atoms with E-state index in [0.29, 0.717) is 26.6 Å². The number of hydrogen-bond donors (Lipinski definition) is 2. The van der Waals surface area contributed by atoms with Crippen LogP contribution in [-0.2, 0) is 14.3 Å². The molecule has 0 spiro atoms. The fourth-order valence-corrected chi connectivity index (χ4v) is 6.39. The zero-order valence-electron chi connectivity index (χ0n) is 20.1. The van der Waals surface area contributed by atoms with E-state index in [1.807, 2.05) is 0 Å². The molecule has 1 unspecified atom stereocenters. The number of aliphatic imine (C=N–C) groups is 1. The first-order valence-electron chi connectivity index (χ1n) is 11.6. The van der Waals surface area contributed by atoms with Crippen molar-refractivity contribution in [1.29, 1.82) is 0 Å². The number of aliphatic carboxylic acids is 1. The topological polar surface area (TPSA) is 104 Å². The largest absolute Gasteiger partial charge is 0.481 e. The van der Waals surface area contributed by atoms with Gasteiger partial charge in [0.1, 0.15) is 11.9 Å². The molecule has 0 bridgehead atoms. The average molecular weight is 634 g/mol. The van der Waals surface area contributed by atoms with Gasteiger partial charge in [0.2, 0.25) is 0 Å². The van der Waals surface area contributed by atoms with Crippen molar-refractivity contribution in [2.75, 3.05) is 37.7 Å². The van der Waals surface area contributed by atoms with Gasteiger partial charge in [0.25, 0.3) is 5.92 Å². The molecule has 14 heteroatoms. The lowest BCUT2D eigenvalue weighted by Crippen LogP contribution is -2.39. The van der Waals surface area contributed by atoms with Crippen molar-refractivity contribution in [3.05, 3.63) is 61.9 Å². The number of benzene rings is 1. The number of rotatable bonds is 10. The summed E-state index contributed by atoms with van der Waals surface area (Å²) in [6.07, 6.45) is 1.59. The van der Waals surface area contributed by atoms with Crippen LogP contribution >= 0.6 is 39.0 Å². The maximum absolute atomic E-state index is 14.8. The van der Waals surface area contributed by atoms with E-state index in [1.165, 1.54) is 34.4 Å². The van der Waals surface area contributed by atoms with E-state index in [0.717, 1.165) is 11.8 Å². The molecule has 38 heavy (non-hydrogen) atoms. The van der Waals surface area contributed by atoms with Crippen molar-refractivity contribution in [3.8, 4) is 0 Å². The second-order valence-electron chi connectivity index (χ2n) is 8.66. The number of carboxylic acid groups (broad SMARTS) is 1. The highest BCUT2D eigenvalue weighted by atomic mass is 79.9. The van der Waals surface area contributed by atoms with E-state index in [2.05, 4.69) is 26.2 Å². The molecule has 204 valence electrons. The zero-order chi connectivity index (χ0) is 27.4. The minimum Gasteiger partial charge on any atom is -0.481 e. The summed E-state index contributed by atoms with van der Waals surface area (Å²) >= 11 is 5.62. The van der Waals surface area contributed by atoms with E-state index < -0.39 is 42.2 Å². The lowest BCUT2D eigenvalue weighted by Gasteiger charge is -2.29. The predicted molar refractivity (Wildman–Crippen MR) is 142 cm³/mol. The summed E-state index contributed by atoms with van der Waals surface area (Å²) < 4.78 is 49.3. The van der Waals surface area contributed by atoms with Gasteiger partial charge in [-0.05, 0) is 24.6 Å². The van der Waals surface area contributed by atoms with Gasteiger partial charge in [-0.15, -0.1) is 23.1 Å². The Kier molecular flexibility index (Phi) is 9.16. The standard InChI is InChI=1S/C24H24BrF3N4O4S2/c1-2-36-23(35)19-17(9-32-8-13(24(27,28)12-32)10-37-11-18(33)34)30-21(22-29-5-6-38-22)31-20(19)15-4-3-14(26)7-16(15)25/h3-7,13,20H,2,8-12H2,1H3,(H,30,31)(H,33,34)/t13?,20-/m0/s1. The third-order valence-corrected chi connectivity index (χ3v) is 8.51. The SMILES string of the molecule is CCOC(=O)C1=C(CN2CC(CSCC(=O)O)C(F)(F)C2)NC(c2nccs2)=N[C@H]1c1ccc(F)cc1Br. The first-order valence-corrected chi connectivity index (χ1v) is 14.4. The lowest BCUT2D eigenvalue weighted by molar-refractivity contribution is -0.139. The third-order valence-electron chi connectivity index (χ3n) is 5.95. The van der Waals surface area contributed by atoms with Crippen molar-refractivity contribution in [3.63, 3.8) is 0 Å². The number of thiazole rings is 1. The van der Waals surface area contributed by atoms with Crippen LogP contribution in [0.25, 0.3) is 0 Å². The molecule has 1 fully saturated rings. The van der Waals surface area contributed by atoms with Crippen molar-refractivity contribution in [1.82, 2.24) is 15.2 Å². The van der Waals surface area contributed by atoms with E-state index in [-0.39, 0.29) is 36.8 Å². The van der Waals surface area contributed by atoms with E-state index in [1.54, 1.807) is 18.5 Å². The van der Waals surface area contributed by atoms with E-state index >= 15 is 0 Å². The molecule has 1 saturated heterocycles. The Balaban J connectivity index is 1.70. The Bertz CT molecular complexity index is 1260. The molecular formula is C24H24BrF3N4O4S2. The number of alkyl halides is 2. The third kappa shape index (κ3) is 6.58. The highest BCUT2D eigenvalue weighted by molar-refractivity contribution is 9.10. The normalized spacial score (nSPS) is 21.2. The molecule has 1 aromatic heterocycles. The highest BCUT2D eigenvalue weighted by Gasteiger charge is 2.48. The fraction of sp³-hybridized carbons (Fsp3) is 0.417. The highest BCUT2D eigenvalue weighted by Crippen LogP contribution is 2.39. The maximum atomic E-state index is 14.8. The number of nitrogens with zero attached hydrogens (tertiary/aromatic N) is 3. The Labute approximate surface area is 233 Å². The van der Waals surface area contributed by atoms with Crippen LogP contribution in [0, 0.1) is 11.7 Å². The maximum Gasteiger partial charge on any atom is 0.338 e. The van der Waals surface area contributed by atoms with Gasteiger partial charge in [0.15, 0.2) is 10.8 Å². The quantitative estimate of drug-likeness (QED) is 0.373. The summed E-state index contributed by atoms with van der Waals surface area (Å²) in [4.78, 5) is 34.6. The van der Waals surface area contributed by atoms with Crippen LogP contribution in [0.15, 0.2) is 50.5 Å². The van der Waals surface area contributed by atoms with Crippen LogP contribution in [0.3, 0.4) is 0 Å². The van der Waals surface area contributed by atoms with Crippen LogP contribution in [0.5, 0.6) is 0 Å². The molecule has 0 saturated carbocycles. The van der Waals surface area contributed by atoms with E-state index in [4.69, 9.17) is 14.8 Å². The number of carboxylic acids is 1. The van der Waals surface area contributed by atoms with Gasteiger partial charge in [-0.25, -0.2) is 22.9 Å². The van der Waals surface area contributed by atoms with Crippen LogP contribution < -0.4 is 5.32 Å². The van der Waals surface area contributed by atoms with E-state index in [9.17, 15) is 22.8 Å². The van der Waals surface area contributed by atoms with Crippen LogP contribution in [0.2, 0.25) is 0 Å². The number of ether oxygens (including phenoxy) is 1. The molecule has 0 radical (unpaired) electrons. The number of amidine groups is 1. The Morgan fingerprint density at radius 1 is 1.39 bits per heavy atom. The average Bonchev–Trinajstić information content (AvgIpc) is 3.46. The Morgan fingerprint density at radius 3 is 2.84 bits per heavy atom. The van der Waals surface area contributed by atoms with Crippen LogP contribution in [0.1, 0.15) is 23.5 Å². The van der Waals surface area contributed by atoms with Gasteiger partial charge in [0.05, 0.1) is 24.5 Å². The number of nitrogens with one attached hydrogen (secondary N) is 1. The van der Waals surface area contributed by atoms with Crippen LogP contribution in [-0.4, -0.2) is 76.4 Å². The first-order chi connectivity index (χ1) is 18.1. The second-order valence-corrected chi connectivity index (χ2v) is 11.4. The van der Waals surface area contributed by atoms with Crippen molar-refractivity contribution in [2.45, 2.75) is 18.9 Å². The molecular weight excluding hydrogens is 609 g/mol. The fourth-order valence-electron chi connectivity index (χ4n) is 4.31. The summed E-state index contributed by atoms with van der Waals surface area (Å²) in [5, 5.41) is 14.3. The molecule has 4 rings (SSSR count). The molecule has 1 aromatic carbocycles. The minimum absolute atomic E-state index is 0.00947. The van der Waals surface area contributed by atoms with Crippen molar-refractivity contribution in [2.24, 2.45) is 10.9 Å². The number of carbonyl (C=O) groups excluding carboxylic acids is 1. The number of thioether (sulfide) groups is 1. The van der Waals surface area contributed by atoms with Gasteiger partial charge < -0.3 is 15.2 Å². The summed E-state index contributed by atoms with van der Waals surface area (Å²) in [5.41, 5.74) is 0.961.